The van der Waals surface area contributed by atoms with Crippen molar-refractivity contribution < 1.29 is 9.90 Å². The van der Waals surface area contributed by atoms with Gasteiger partial charge in [0.2, 0.25) is 5.91 Å². The molecule has 0 bridgehead atoms. The number of hydrogen-bond acceptors (Lipinski definition) is 4. The third-order valence-corrected chi connectivity index (χ3v) is 4.16. The molecule has 18 heavy (non-hydrogen) atoms. The first-order valence-corrected chi connectivity index (χ1v) is 7.29. The van der Waals surface area contributed by atoms with Crippen molar-refractivity contribution in [2.24, 2.45) is 0 Å². The van der Waals surface area contributed by atoms with Gasteiger partial charge < -0.3 is 15.7 Å². The van der Waals surface area contributed by atoms with Gasteiger partial charge in [-0.05, 0) is 12.1 Å². The van der Waals surface area contributed by atoms with Gasteiger partial charge in [-0.1, -0.05) is 23.2 Å². The molecule has 1 unspecified atom stereocenters. The maximum atomic E-state index is 11.9. The molecule has 7 heteroatoms. The fourth-order valence-corrected chi connectivity index (χ4v) is 3.02. The van der Waals surface area contributed by atoms with Crippen LogP contribution < -0.4 is 10.6 Å². The van der Waals surface area contributed by atoms with E-state index in [0.29, 0.717) is 5.69 Å². The van der Waals surface area contributed by atoms with Crippen molar-refractivity contribution in [3.63, 3.8) is 0 Å². The van der Waals surface area contributed by atoms with E-state index in [1.807, 2.05) is 0 Å². The van der Waals surface area contributed by atoms with Gasteiger partial charge >= 0.3 is 0 Å². The molecule has 1 fully saturated rings. The molecule has 1 aliphatic heterocycles. The molecule has 0 spiro atoms. The summed E-state index contributed by atoms with van der Waals surface area (Å²) >= 11 is 13.3. The quantitative estimate of drug-likeness (QED) is 0.734. The number of phenols is 1. The van der Waals surface area contributed by atoms with Crippen molar-refractivity contribution in [2.75, 3.05) is 23.4 Å². The first kappa shape index (κ1) is 13.8. The lowest BCUT2D eigenvalue weighted by Crippen LogP contribution is -2.46. The molecule has 3 N–H and O–H groups in total. The monoisotopic (exact) mass is 306 g/mol. The Morgan fingerprint density at radius 1 is 1.44 bits per heavy atom. The van der Waals surface area contributed by atoms with Crippen LogP contribution in [0.5, 0.6) is 5.75 Å². The molecule has 0 aliphatic carbocycles. The third-order valence-electron chi connectivity index (χ3n) is 2.52. The summed E-state index contributed by atoms with van der Waals surface area (Å²) in [6.07, 6.45) is 0. The molecule has 4 nitrogen and oxygen atoms in total. The second-order valence-electron chi connectivity index (χ2n) is 3.86. The van der Waals surface area contributed by atoms with Crippen LogP contribution in [0.2, 0.25) is 10.0 Å². The second kappa shape index (κ2) is 6.02. The minimum absolute atomic E-state index is 0.115. The lowest BCUT2D eigenvalue weighted by atomic mass is 10.2. The Bertz CT molecular complexity index is 441. The van der Waals surface area contributed by atoms with Gasteiger partial charge in [0, 0.05) is 23.7 Å². The van der Waals surface area contributed by atoms with E-state index >= 15 is 0 Å². The molecule has 1 aliphatic rings. The van der Waals surface area contributed by atoms with Crippen LogP contribution in [-0.2, 0) is 4.79 Å². The number of phenolic OH excluding ortho intramolecular Hbond substituents is 1. The topological polar surface area (TPSA) is 61.4 Å². The number of hydrogen-bond donors (Lipinski definition) is 3. The predicted octanol–water partition coefficient (Wildman–Crippen LogP) is 2.34. The number of carbonyl (C=O) groups excluding carboxylic acids is 1. The van der Waals surface area contributed by atoms with Gasteiger partial charge in [0.15, 0.2) is 5.75 Å². The fourth-order valence-electron chi connectivity index (χ4n) is 1.60. The van der Waals surface area contributed by atoms with Crippen molar-refractivity contribution in [3.05, 3.63) is 22.2 Å². The van der Waals surface area contributed by atoms with E-state index in [-0.39, 0.29) is 27.7 Å². The summed E-state index contributed by atoms with van der Waals surface area (Å²) in [5.41, 5.74) is 0.477. The Hall–Kier alpha value is -0.620. The van der Waals surface area contributed by atoms with Gasteiger partial charge in [-0.2, -0.15) is 11.8 Å². The number of anilines is 1. The summed E-state index contributed by atoms with van der Waals surface area (Å²) in [6, 6.07) is 2.72. The number of aromatic hydroxyl groups is 1. The Morgan fingerprint density at radius 3 is 2.67 bits per heavy atom. The SMILES string of the molecule is O=C(Nc1cc(Cl)c(O)c(Cl)c1)C1CSCCN1. The number of amides is 1. The molecule has 1 amide bonds. The van der Waals surface area contributed by atoms with Crippen LogP contribution in [0, 0.1) is 0 Å². The molecule has 2 rings (SSSR count). The molecule has 1 atom stereocenters. The summed E-state index contributed by atoms with van der Waals surface area (Å²) in [5, 5.41) is 15.5. The van der Waals surface area contributed by atoms with Gasteiger partial charge in [0.25, 0.3) is 0 Å². The van der Waals surface area contributed by atoms with Crippen molar-refractivity contribution in [1.29, 1.82) is 0 Å². The first-order valence-electron chi connectivity index (χ1n) is 5.38. The van der Waals surface area contributed by atoms with Crippen LogP contribution >= 0.6 is 35.0 Å². The van der Waals surface area contributed by atoms with Gasteiger partial charge in [0.05, 0.1) is 16.1 Å². The highest BCUT2D eigenvalue weighted by Crippen LogP contribution is 2.34. The Kier molecular flexibility index (Phi) is 4.61. The summed E-state index contributed by atoms with van der Waals surface area (Å²) in [4.78, 5) is 11.9. The van der Waals surface area contributed by atoms with Crippen LogP contribution in [0.3, 0.4) is 0 Å². The zero-order valence-electron chi connectivity index (χ0n) is 9.37. The van der Waals surface area contributed by atoms with Crippen molar-refractivity contribution in [2.45, 2.75) is 6.04 Å². The zero-order valence-corrected chi connectivity index (χ0v) is 11.7. The largest absolute Gasteiger partial charge is 0.505 e. The van der Waals surface area contributed by atoms with Crippen LogP contribution in [0.25, 0.3) is 0 Å². The van der Waals surface area contributed by atoms with Gasteiger partial charge in [-0.15, -0.1) is 0 Å². The average molecular weight is 307 g/mol. The van der Waals surface area contributed by atoms with E-state index in [0.717, 1.165) is 18.1 Å². The highest BCUT2D eigenvalue weighted by Gasteiger charge is 2.21. The van der Waals surface area contributed by atoms with Gasteiger partial charge in [0.1, 0.15) is 0 Å². The Balaban J connectivity index is 2.06. The number of nitrogens with one attached hydrogen (secondary N) is 2. The van der Waals surface area contributed by atoms with Crippen LogP contribution in [0.4, 0.5) is 5.69 Å². The van der Waals surface area contributed by atoms with Crippen LogP contribution in [0.1, 0.15) is 0 Å². The van der Waals surface area contributed by atoms with E-state index in [2.05, 4.69) is 10.6 Å². The first-order chi connectivity index (χ1) is 8.58. The molecule has 0 radical (unpaired) electrons. The Morgan fingerprint density at radius 2 is 2.11 bits per heavy atom. The fraction of sp³-hybridized carbons (Fsp3) is 0.364. The summed E-state index contributed by atoms with van der Waals surface area (Å²) in [7, 11) is 0. The van der Waals surface area contributed by atoms with E-state index in [4.69, 9.17) is 23.2 Å². The van der Waals surface area contributed by atoms with Crippen molar-refractivity contribution in [3.8, 4) is 5.75 Å². The molecular formula is C11H12Cl2N2O2S. The van der Waals surface area contributed by atoms with E-state index in [9.17, 15) is 9.90 Å². The van der Waals surface area contributed by atoms with E-state index in [1.54, 1.807) is 11.8 Å². The van der Waals surface area contributed by atoms with Crippen LogP contribution in [-0.4, -0.2) is 35.1 Å². The predicted molar refractivity (Wildman–Crippen MR) is 75.9 cm³/mol. The lowest BCUT2D eigenvalue weighted by molar-refractivity contribution is -0.117. The molecule has 0 aromatic heterocycles. The van der Waals surface area contributed by atoms with E-state index in [1.165, 1.54) is 12.1 Å². The highest BCUT2D eigenvalue weighted by atomic mass is 35.5. The van der Waals surface area contributed by atoms with Gasteiger partial charge in [-0.3, -0.25) is 4.79 Å². The molecule has 1 saturated heterocycles. The number of halogens is 2. The summed E-state index contributed by atoms with van der Waals surface area (Å²) < 4.78 is 0. The zero-order chi connectivity index (χ0) is 13.1. The van der Waals surface area contributed by atoms with Gasteiger partial charge in [-0.25, -0.2) is 0 Å². The number of benzene rings is 1. The molecule has 98 valence electrons. The number of carbonyl (C=O) groups is 1. The molecule has 1 heterocycles. The maximum absolute atomic E-state index is 11.9. The molecule has 0 saturated carbocycles. The normalized spacial score (nSPS) is 19.6. The van der Waals surface area contributed by atoms with Crippen LogP contribution in [0.15, 0.2) is 12.1 Å². The molecular weight excluding hydrogens is 295 g/mol. The molecule has 1 aromatic carbocycles. The van der Waals surface area contributed by atoms with Crippen molar-refractivity contribution >= 4 is 46.6 Å². The smallest absolute Gasteiger partial charge is 0.242 e. The lowest BCUT2D eigenvalue weighted by Gasteiger charge is -2.22. The van der Waals surface area contributed by atoms with Crippen molar-refractivity contribution in [1.82, 2.24) is 5.32 Å². The summed E-state index contributed by atoms with van der Waals surface area (Å²) in [6.45, 7) is 0.819. The highest BCUT2D eigenvalue weighted by molar-refractivity contribution is 7.99. The third kappa shape index (κ3) is 3.23. The minimum Gasteiger partial charge on any atom is -0.505 e. The van der Waals surface area contributed by atoms with E-state index < -0.39 is 0 Å². The maximum Gasteiger partial charge on any atom is 0.242 e. The number of rotatable bonds is 2. The summed E-state index contributed by atoms with van der Waals surface area (Å²) in [5.74, 6) is 1.45. The minimum atomic E-state index is -0.213. The number of thioether (sulfide) groups is 1. The standard InChI is InChI=1S/C11H12Cl2N2O2S/c12-7-3-6(4-8(13)10(7)16)15-11(17)9-5-18-2-1-14-9/h3-4,9,14,16H,1-2,5H2,(H,15,17). The second-order valence-corrected chi connectivity index (χ2v) is 5.82. The Labute approximate surface area is 119 Å². The average Bonchev–Trinajstić information content (AvgIpc) is 2.37. The molecule has 1 aromatic rings.